The van der Waals surface area contributed by atoms with Crippen molar-refractivity contribution in [3.63, 3.8) is 0 Å². The second-order valence-corrected chi connectivity index (χ2v) is 8.76. The van der Waals surface area contributed by atoms with Gasteiger partial charge in [-0.25, -0.2) is 8.42 Å². The molecule has 27 heavy (non-hydrogen) atoms. The van der Waals surface area contributed by atoms with Crippen LogP contribution in [0.4, 0.5) is 5.69 Å². The van der Waals surface area contributed by atoms with Crippen LogP contribution in [0, 0.1) is 6.92 Å². The Bertz CT molecular complexity index is 977. The smallest absolute Gasteiger partial charge is 0.261 e. The van der Waals surface area contributed by atoms with E-state index in [0.717, 1.165) is 16.0 Å². The molecule has 7 heteroatoms. The van der Waals surface area contributed by atoms with Crippen molar-refractivity contribution in [2.24, 2.45) is 0 Å². The number of fused-ring (bicyclic) bond motifs is 1. The molecule has 0 unspecified atom stereocenters. The van der Waals surface area contributed by atoms with Gasteiger partial charge in [0.25, 0.3) is 11.8 Å². The molecule has 0 bridgehead atoms. The van der Waals surface area contributed by atoms with E-state index in [0.29, 0.717) is 16.8 Å². The van der Waals surface area contributed by atoms with E-state index < -0.39 is 21.8 Å². The van der Waals surface area contributed by atoms with Crippen molar-refractivity contribution >= 4 is 27.5 Å². The maximum absolute atomic E-state index is 12.6. The summed E-state index contributed by atoms with van der Waals surface area (Å²) in [6, 6.07) is 12.1. The van der Waals surface area contributed by atoms with Gasteiger partial charge in [0, 0.05) is 6.54 Å². The minimum absolute atomic E-state index is 0.152. The quantitative estimate of drug-likeness (QED) is 0.773. The highest BCUT2D eigenvalue weighted by Crippen LogP contribution is 2.28. The van der Waals surface area contributed by atoms with Gasteiger partial charge in [-0.3, -0.25) is 19.2 Å². The van der Waals surface area contributed by atoms with Gasteiger partial charge in [-0.1, -0.05) is 44.2 Å². The van der Waals surface area contributed by atoms with E-state index in [1.54, 1.807) is 24.3 Å². The number of hydrogen-bond acceptors (Lipinski definition) is 4. The summed E-state index contributed by atoms with van der Waals surface area (Å²) in [7, 11) is -3.73. The first-order valence-electron chi connectivity index (χ1n) is 8.76. The monoisotopic (exact) mass is 386 g/mol. The van der Waals surface area contributed by atoms with Gasteiger partial charge in [0.1, 0.15) is 0 Å². The number of hydrogen-bond donors (Lipinski definition) is 1. The van der Waals surface area contributed by atoms with E-state index in [-0.39, 0.29) is 18.2 Å². The van der Waals surface area contributed by atoms with Crippen LogP contribution in [0.15, 0.2) is 42.5 Å². The fourth-order valence-corrected chi connectivity index (χ4v) is 4.29. The molecular formula is C20H22N2O4S. The molecule has 142 valence electrons. The molecule has 0 radical (unpaired) electrons. The number of carbonyl (C=O) groups is 2. The van der Waals surface area contributed by atoms with E-state index in [2.05, 4.69) is 4.72 Å². The van der Waals surface area contributed by atoms with Gasteiger partial charge in [-0.15, -0.1) is 0 Å². The number of sulfonamides is 1. The molecule has 6 nitrogen and oxygen atoms in total. The molecule has 2 amide bonds. The van der Waals surface area contributed by atoms with Crippen LogP contribution in [0.25, 0.3) is 0 Å². The summed E-state index contributed by atoms with van der Waals surface area (Å²) >= 11 is 0. The third-order valence-electron chi connectivity index (χ3n) is 4.65. The normalized spacial score (nSPS) is 14.0. The van der Waals surface area contributed by atoms with Gasteiger partial charge in [-0.2, -0.15) is 0 Å². The highest BCUT2D eigenvalue weighted by atomic mass is 32.2. The number of carbonyl (C=O) groups excluding carboxylic acids is 2. The molecule has 2 aromatic carbocycles. The number of rotatable bonds is 6. The lowest BCUT2D eigenvalue weighted by Gasteiger charge is -2.19. The molecule has 0 atom stereocenters. The number of nitrogens with zero attached hydrogens (tertiary/aromatic N) is 1. The van der Waals surface area contributed by atoms with Gasteiger partial charge in [-0.05, 0) is 36.1 Å². The Labute approximate surface area is 159 Å². The minimum Gasteiger partial charge on any atom is -0.283 e. The Kier molecular flexibility index (Phi) is 5.06. The lowest BCUT2D eigenvalue weighted by Crippen LogP contribution is -2.35. The Hall–Kier alpha value is -2.67. The molecule has 3 rings (SSSR count). The maximum Gasteiger partial charge on any atom is 0.261 e. The molecule has 1 aliphatic rings. The van der Waals surface area contributed by atoms with Gasteiger partial charge < -0.3 is 0 Å². The molecule has 1 aliphatic heterocycles. The molecule has 2 aromatic rings. The van der Waals surface area contributed by atoms with Crippen LogP contribution in [0.5, 0.6) is 0 Å². The lowest BCUT2D eigenvalue weighted by atomic mass is 9.99. The number of benzene rings is 2. The SMILES string of the molecule is Cc1cccc(C(C)C)c1NS(=O)(=O)CCN1C(=O)c2ccccc2C1=O. The van der Waals surface area contributed by atoms with E-state index >= 15 is 0 Å². The van der Waals surface area contributed by atoms with Crippen molar-refractivity contribution in [2.75, 3.05) is 17.0 Å². The van der Waals surface area contributed by atoms with Crippen LogP contribution in [0.1, 0.15) is 51.6 Å². The molecule has 0 saturated carbocycles. The van der Waals surface area contributed by atoms with Crippen molar-refractivity contribution in [1.82, 2.24) is 4.90 Å². The van der Waals surface area contributed by atoms with Crippen LogP contribution in [-0.4, -0.2) is 37.4 Å². The third kappa shape index (κ3) is 3.73. The van der Waals surface area contributed by atoms with Crippen LogP contribution in [0.3, 0.4) is 0 Å². The minimum atomic E-state index is -3.73. The summed E-state index contributed by atoms with van der Waals surface area (Å²) in [5.41, 5.74) is 2.92. The topological polar surface area (TPSA) is 83.6 Å². The maximum atomic E-state index is 12.6. The van der Waals surface area contributed by atoms with Gasteiger partial charge in [0.05, 0.1) is 22.6 Å². The predicted octanol–water partition coefficient (Wildman–Crippen LogP) is 3.16. The zero-order valence-corrected chi connectivity index (χ0v) is 16.3. The first-order valence-corrected chi connectivity index (χ1v) is 10.4. The molecular weight excluding hydrogens is 364 g/mol. The highest BCUT2D eigenvalue weighted by molar-refractivity contribution is 7.92. The number of imide groups is 1. The zero-order valence-electron chi connectivity index (χ0n) is 15.5. The summed E-state index contributed by atoms with van der Waals surface area (Å²) < 4.78 is 27.9. The van der Waals surface area contributed by atoms with Crippen LogP contribution < -0.4 is 4.72 Å². The fraction of sp³-hybridized carbons (Fsp3) is 0.300. The number of nitrogens with one attached hydrogen (secondary N) is 1. The molecule has 0 aliphatic carbocycles. The van der Waals surface area contributed by atoms with Crippen molar-refractivity contribution in [3.05, 3.63) is 64.7 Å². The van der Waals surface area contributed by atoms with Gasteiger partial charge in [0.2, 0.25) is 10.0 Å². The molecule has 0 fully saturated rings. The fourth-order valence-electron chi connectivity index (χ4n) is 3.17. The number of aryl methyl sites for hydroxylation is 1. The Morgan fingerprint density at radius 2 is 1.56 bits per heavy atom. The second kappa shape index (κ2) is 7.15. The van der Waals surface area contributed by atoms with Crippen LogP contribution >= 0.6 is 0 Å². The van der Waals surface area contributed by atoms with Crippen LogP contribution in [-0.2, 0) is 10.0 Å². The molecule has 1 heterocycles. The summed E-state index contributed by atoms with van der Waals surface area (Å²) in [5.74, 6) is -1.11. The average Bonchev–Trinajstić information content (AvgIpc) is 2.86. The average molecular weight is 386 g/mol. The molecule has 0 saturated heterocycles. The summed E-state index contributed by atoms with van der Waals surface area (Å²) in [5, 5.41) is 0. The number of anilines is 1. The molecule has 0 aromatic heterocycles. The van der Waals surface area contributed by atoms with E-state index in [9.17, 15) is 18.0 Å². The van der Waals surface area contributed by atoms with Crippen molar-refractivity contribution in [1.29, 1.82) is 0 Å². The third-order valence-corrected chi connectivity index (χ3v) is 5.88. The van der Waals surface area contributed by atoms with E-state index in [4.69, 9.17) is 0 Å². The van der Waals surface area contributed by atoms with E-state index in [1.807, 2.05) is 39.0 Å². The largest absolute Gasteiger partial charge is 0.283 e. The first kappa shape index (κ1) is 19.1. The Morgan fingerprint density at radius 1 is 0.963 bits per heavy atom. The summed E-state index contributed by atoms with van der Waals surface area (Å²) in [6.45, 7) is 5.63. The Balaban J connectivity index is 1.76. The lowest BCUT2D eigenvalue weighted by molar-refractivity contribution is 0.0664. The van der Waals surface area contributed by atoms with Gasteiger partial charge in [0.15, 0.2) is 0 Å². The Morgan fingerprint density at radius 3 is 2.11 bits per heavy atom. The number of amides is 2. The van der Waals surface area contributed by atoms with Gasteiger partial charge >= 0.3 is 0 Å². The summed E-state index contributed by atoms with van der Waals surface area (Å²) in [4.78, 5) is 25.7. The summed E-state index contributed by atoms with van der Waals surface area (Å²) in [6.07, 6.45) is 0. The highest BCUT2D eigenvalue weighted by Gasteiger charge is 2.35. The standard InChI is InChI=1S/C20H22N2O4S/c1-13(2)15-10-6-7-14(3)18(15)21-27(25,26)12-11-22-19(23)16-8-4-5-9-17(16)20(22)24/h4-10,13,21H,11-12H2,1-3H3. The van der Waals surface area contributed by atoms with Crippen LogP contribution in [0.2, 0.25) is 0 Å². The predicted molar refractivity (Wildman–Crippen MR) is 104 cm³/mol. The van der Waals surface area contributed by atoms with E-state index in [1.165, 1.54) is 0 Å². The zero-order chi connectivity index (χ0) is 19.8. The van der Waals surface area contributed by atoms with Crippen molar-refractivity contribution in [2.45, 2.75) is 26.7 Å². The molecule has 1 N–H and O–H groups in total. The first-order chi connectivity index (χ1) is 12.7. The van der Waals surface area contributed by atoms with Crippen molar-refractivity contribution < 1.29 is 18.0 Å². The molecule has 0 spiro atoms. The number of para-hydroxylation sites is 1. The van der Waals surface area contributed by atoms with Crippen molar-refractivity contribution in [3.8, 4) is 0 Å². The second-order valence-electron chi connectivity index (χ2n) is 6.92.